The Balaban J connectivity index is 1.70. The van der Waals surface area contributed by atoms with Crippen LogP contribution in [0.3, 0.4) is 0 Å². The number of rotatable bonds is 4. The Kier molecular flexibility index (Phi) is 6.29. The number of fused-ring (bicyclic) bond motifs is 1. The maximum atomic E-state index is 12.9. The van der Waals surface area contributed by atoms with Crippen LogP contribution in [-0.2, 0) is 4.74 Å². The first-order valence-electron chi connectivity index (χ1n) is 9.19. The van der Waals surface area contributed by atoms with E-state index in [0.717, 1.165) is 28.0 Å². The van der Waals surface area contributed by atoms with Crippen LogP contribution in [0.15, 0.2) is 16.6 Å². The lowest BCUT2D eigenvalue weighted by Crippen LogP contribution is -2.53. The SMILES string of the molecule is CC(C)C[C@H]1COCCN1C(=O)N[C@H](C)c1cc2c(cc1Br)OCCO2. The van der Waals surface area contributed by atoms with Gasteiger partial charge in [0.1, 0.15) is 13.2 Å². The van der Waals surface area contributed by atoms with Crippen molar-refractivity contribution in [3.63, 3.8) is 0 Å². The molecule has 2 heterocycles. The average molecular weight is 427 g/mol. The van der Waals surface area contributed by atoms with Crippen molar-refractivity contribution in [2.75, 3.05) is 33.0 Å². The standard InChI is InChI=1S/C19H27BrN2O4/c1-12(2)8-14-11-24-5-4-22(14)19(23)21-13(3)15-9-17-18(10-16(15)20)26-7-6-25-17/h9-10,12-14H,4-8,11H2,1-3H3,(H,21,23)/t13-,14+/m1/s1. The Morgan fingerprint density at radius 2 is 1.92 bits per heavy atom. The van der Waals surface area contributed by atoms with Gasteiger partial charge in [-0.3, -0.25) is 0 Å². The largest absolute Gasteiger partial charge is 0.486 e. The quantitative estimate of drug-likeness (QED) is 0.796. The molecule has 1 aromatic rings. The number of carbonyl (C=O) groups is 1. The van der Waals surface area contributed by atoms with Crippen molar-refractivity contribution in [2.45, 2.75) is 39.3 Å². The summed E-state index contributed by atoms with van der Waals surface area (Å²) in [5, 5.41) is 3.12. The molecule has 2 aliphatic heterocycles. The predicted octanol–water partition coefficient (Wildman–Crippen LogP) is 3.74. The molecule has 3 rings (SSSR count). The lowest BCUT2D eigenvalue weighted by atomic mass is 10.0. The summed E-state index contributed by atoms with van der Waals surface area (Å²) >= 11 is 3.59. The van der Waals surface area contributed by atoms with E-state index in [0.29, 0.717) is 38.9 Å². The monoisotopic (exact) mass is 426 g/mol. The molecule has 144 valence electrons. The van der Waals surface area contributed by atoms with Crippen molar-refractivity contribution >= 4 is 22.0 Å². The third-order valence-corrected chi connectivity index (χ3v) is 5.39. The molecular formula is C19H27BrN2O4. The number of hydrogen-bond donors (Lipinski definition) is 1. The summed E-state index contributed by atoms with van der Waals surface area (Å²) in [6.45, 7) is 9.22. The number of carbonyl (C=O) groups excluding carboxylic acids is 1. The number of benzene rings is 1. The van der Waals surface area contributed by atoms with E-state index in [-0.39, 0.29) is 18.1 Å². The van der Waals surface area contributed by atoms with Crippen molar-refractivity contribution in [2.24, 2.45) is 5.92 Å². The second kappa shape index (κ2) is 8.48. The van der Waals surface area contributed by atoms with Gasteiger partial charge in [0.05, 0.1) is 25.3 Å². The maximum absolute atomic E-state index is 12.9. The molecule has 0 radical (unpaired) electrons. The topological polar surface area (TPSA) is 60.0 Å². The highest BCUT2D eigenvalue weighted by molar-refractivity contribution is 9.10. The number of morpholine rings is 1. The molecule has 26 heavy (non-hydrogen) atoms. The van der Waals surface area contributed by atoms with Gasteiger partial charge in [-0.15, -0.1) is 0 Å². The zero-order valence-corrected chi connectivity index (χ0v) is 17.2. The Morgan fingerprint density at radius 1 is 1.23 bits per heavy atom. The molecule has 1 fully saturated rings. The van der Waals surface area contributed by atoms with Gasteiger partial charge in [0.15, 0.2) is 11.5 Å². The highest BCUT2D eigenvalue weighted by atomic mass is 79.9. The fraction of sp³-hybridized carbons (Fsp3) is 0.632. The molecular weight excluding hydrogens is 400 g/mol. The van der Waals surface area contributed by atoms with E-state index < -0.39 is 0 Å². The van der Waals surface area contributed by atoms with Gasteiger partial charge < -0.3 is 24.4 Å². The van der Waals surface area contributed by atoms with Crippen molar-refractivity contribution in [3.05, 3.63) is 22.2 Å². The van der Waals surface area contributed by atoms with E-state index in [9.17, 15) is 4.79 Å². The van der Waals surface area contributed by atoms with Crippen LogP contribution in [0.1, 0.15) is 38.8 Å². The van der Waals surface area contributed by atoms with Crippen molar-refractivity contribution in [1.82, 2.24) is 10.2 Å². The third kappa shape index (κ3) is 4.43. The molecule has 7 heteroatoms. The van der Waals surface area contributed by atoms with E-state index in [1.54, 1.807) is 0 Å². The van der Waals surface area contributed by atoms with E-state index >= 15 is 0 Å². The highest BCUT2D eigenvalue weighted by Crippen LogP contribution is 2.37. The molecule has 6 nitrogen and oxygen atoms in total. The van der Waals surface area contributed by atoms with Crippen LogP contribution >= 0.6 is 15.9 Å². The molecule has 0 unspecified atom stereocenters. The molecule has 2 atom stereocenters. The first-order valence-corrected chi connectivity index (χ1v) is 9.99. The lowest BCUT2D eigenvalue weighted by Gasteiger charge is -2.37. The minimum Gasteiger partial charge on any atom is -0.486 e. The van der Waals surface area contributed by atoms with Crippen molar-refractivity contribution < 1.29 is 19.0 Å². The fourth-order valence-electron chi connectivity index (χ4n) is 3.42. The summed E-state index contributed by atoms with van der Waals surface area (Å²) < 4.78 is 17.7. The first-order chi connectivity index (χ1) is 12.5. The first kappa shape index (κ1) is 19.3. The Labute approximate surface area is 163 Å². The predicted molar refractivity (Wildman–Crippen MR) is 103 cm³/mol. The van der Waals surface area contributed by atoms with Crippen LogP contribution in [0.4, 0.5) is 4.79 Å². The summed E-state index contributed by atoms with van der Waals surface area (Å²) in [5.74, 6) is 1.97. The van der Waals surface area contributed by atoms with E-state index in [4.69, 9.17) is 14.2 Å². The van der Waals surface area contributed by atoms with Crippen LogP contribution in [0.25, 0.3) is 0 Å². The van der Waals surface area contributed by atoms with Crippen LogP contribution in [0.5, 0.6) is 11.5 Å². The molecule has 0 aliphatic carbocycles. The van der Waals surface area contributed by atoms with Crippen LogP contribution in [-0.4, -0.2) is 49.9 Å². The zero-order chi connectivity index (χ0) is 18.7. The highest BCUT2D eigenvalue weighted by Gasteiger charge is 2.29. The van der Waals surface area contributed by atoms with Gasteiger partial charge in [0, 0.05) is 11.0 Å². The van der Waals surface area contributed by atoms with E-state index in [1.807, 2.05) is 24.0 Å². The summed E-state index contributed by atoms with van der Waals surface area (Å²) in [6, 6.07) is 3.76. The number of nitrogens with zero attached hydrogens (tertiary/aromatic N) is 1. The molecule has 1 aromatic carbocycles. The van der Waals surface area contributed by atoms with Gasteiger partial charge in [-0.1, -0.05) is 29.8 Å². The molecule has 0 bridgehead atoms. The molecule has 0 aromatic heterocycles. The molecule has 1 saturated heterocycles. The van der Waals surface area contributed by atoms with Gasteiger partial charge in [-0.25, -0.2) is 4.79 Å². The normalized spacial score (nSPS) is 20.8. The average Bonchev–Trinajstić information content (AvgIpc) is 2.60. The summed E-state index contributed by atoms with van der Waals surface area (Å²) in [5.41, 5.74) is 0.969. The van der Waals surface area contributed by atoms with Gasteiger partial charge >= 0.3 is 6.03 Å². The molecule has 0 spiro atoms. The number of hydrogen-bond acceptors (Lipinski definition) is 4. The number of halogens is 1. The molecule has 1 N–H and O–H groups in total. The Morgan fingerprint density at radius 3 is 2.62 bits per heavy atom. The van der Waals surface area contributed by atoms with E-state index in [1.165, 1.54) is 0 Å². The minimum absolute atomic E-state index is 0.0479. The Hall–Kier alpha value is -1.47. The number of nitrogens with one attached hydrogen (secondary N) is 1. The number of amides is 2. The molecule has 2 aliphatic rings. The summed E-state index contributed by atoms with van der Waals surface area (Å²) in [7, 11) is 0. The molecule has 0 saturated carbocycles. The smallest absolute Gasteiger partial charge is 0.318 e. The van der Waals surface area contributed by atoms with Gasteiger partial charge in [0.2, 0.25) is 0 Å². The van der Waals surface area contributed by atoms with Gasteiger partial charge in [-0.05, 0) is 37.0 Å². The lowest BCUT2D eigenvalue weighted by molar-refractivity contribution is 0.00509. The van der Waals surface area contributed by atoms with Gasteiger partial charge in [0.25, 0.3) is 0 Å². The van der Waals surface area contributed by atoms with E-state index in [2.05, 4.69) is 35.1 Å². The van der Waals surface area contributed by atoms with Crippen LogP contribution in [0.2, 0.25) is 0 Å². The van der Waals surface area contributed by atoms with Crippen LogP contribution < -0.4 is 14.8 Å². The fourth-order valence-corrected chi connectivity index (χ4v) is 4.08. The summed E-state index contributed by atoms with van der Waals surface area (Å²) in [4.78, 5) is 14.8. The number of ether oxygens (including phenoxy) is 3. The minimum atomic E-state index is -0.157. The summed E-state index contributed by atoms with van der Waals surface area (Å²) in [6.07, 6.45) is 0.940. The second-order valence-corrected chi connectivity index (χ2v) is 8.09. The van der Waals surface area contributed by atoms with Gasteiger partial charge in [-0.2, -0.15) is 0 Å². The van der Waals surface area contributed by atoms with Crippen LogP contribution in [0, 0.1) is 5.92 Å². The zero-order valence-electron chi connectivity index (χ0n) is 15.6. The third-order valence-electron chi connectivity index (χ3n) is 4.70. The second-order valence-electron chi connectivity index (χ2n) is 7.24. The molecule has 2 amide bonds. The van der Waals surface area contributed by atoms with Crippen molar-refractivity contribution in [3.8, 4) is 11.5 Å². The number of urea groups is 1. The van der Waals surface area contributed by atoms with Crippen molar-refractivity contribution in [1.29, 1.82) is 0 Å². The maximum Gasteiger partial charge on any atom is 0.318 e. The Bertz CT molecular complexity index is 653.